The number of hydrogen-bond acceptors (Lipinski definition) is 5. The minimum Gasteiger partial charge on any atom is -0.360 e. The molecule has 2 aliphatic heterocycles. The van der Waals surface area contributed by atoms with Crippen LogP contribution in [0.1, 0.15) is 46.0 Å². The Kier molecular flexibility index (Phi) is 5.16. The van der Waals surface area contributed by atoms with Crippen LogP contribution >= 0.6 is 12.2 Å². The van der Waals surface area contributed by atoms with Gasteiger partial charge in [0.15, 0.2) is 5.11 Å². The van der Waals surface area contributed by atoms with Crippen molar-refractivity contribution in [3.8, 4) is 0 Å². The third-order valence-corrected chi connectivity index (χ3v) is 5.68. The predicted molar refractivity (Wildman–Crippen MR) is 111 cm³/mol. The number of piperidine rings is 1. The molecule has 3 aliphatic rings. The van der Waals surface area contributed by atoms with Crippen molar-refractivity contribution in [1.29, 1.82) is 0 Å². The number of anilines is 3. The van der Waals surface area contributed by atoms with E-state index in [1.165, 1.54) is 32.1 Å². The number of thiocarbonyl (C=S) groups is 1. The summed E-state index contributed by atoms with van der Waals surface area (Å²) in [4.78, 5) is 14.4. The van der Waals surface area contributed by atoms with Gasteiger partial charge in [-0.3, -0.25) is 0 Å². The van der Waals surface area contributed by atoms with Crippen molar-refractivity contribution in [3.63, 3.8) is 0 Å². The Morgan fingerprint density at radius 3 is 2.27 bits per heavy atom. The van der Waals surface area contributed by atoms with Gasteiger partial charge in [-0.25, -0.2) is 0 Å². The number of rotatable bonds is 4. The quantitative estimate of drug-likeness (QED) is 0.786. The zero-order chi connectivity index (χ0) is 18.1. The first-order valence-electron chi connectivity index (χ1n) is 10.0. The highest BCUT2D eigenvalue weighted by Crippen LogP contribution is 2.29. The first-order chi connectivity index (χ1) is 12.6. The molecular weight excluding hydrogens is 344 g/mol. The van der Waals surface area contributed by atoms with E-state index in [-0.39, 0.29) is 0 Å². The van der Waals surface area contributed by atoms with Crippen molar-refractivity contribution in [2.75, 3.05) is 41.3 Å². The molecule has 0 spiro atoms. The molecular formula is C19H30N6S. The van der Waals surface area contributed by atoms with Crippen molar-refractivity contribution >= 4 is 34.9 Å². The lowest BCUT2D eigenvalue weighted by Crippen LogP contribution is -2.39. The van der Waals surface area contributed by atoms with Crippen molar-refractivity contribution in [2.45, 2.75) is 52.0 Å². The molecule has 0 aromatic carbocycles. The summed E-state index contributed by atoms with van der Waals surface area (Å²) in [5, 5.41) is 7.18. The maximum Gasteiger partial charge on any atom is 0.232 e. The predicted octanol–water partition coefficient (Wildman–Crippen LogP) is 3.01. The number of aromatic nitrogens is 2. The maximum absolute atomic E-state index is 5.44. The Labute approximate surface area is 161 Å². The molecule has 1 aliphatic carbocycles. The third-order valence-electron chi connectivity index (χ3n) is 5.46. The van der Waals surface area contributed by atoms with Crippen LogP contribution in [-0.2, 0) is 0 Å². The summed E-state index contributed by atoms with van der Waals surface area (Å²) >= 11 is 5.44. The monoisotopic (exact) mass is 374 g/mol. The molecule has 7 heteroatoms. The van der Waals surface area contributed by atoms with Crippen LogP contribution in [-0.4, -0.2) is 47.3 Å². The summed E-state index contributed by atoms with van der Waals surface area (Å²) < 4.78 is 0. The second-order valence-corrected chi connectivity index (χ2v) is 8.73. The lowest BCUT2D eigenvalue weighted by Gasteiger charge is -2.36. The number of hydrogen-bond donors (Lipinski definition) is 2. The molecule has 0 amide bonds. The highest BCUT2D eigenvalue weighted by molar-refractivity contribution is 7.80. The van der Waals surface area contributed by atoms with Gasteiger partial charge < -0.3 is 20.4 Å². The Balaban J connectivity index is 1.57. The molecule has 2 saturated heterocycles. The van der Waals surface area contributed by atoms with E-state index in [2.05, 4.69) is 40.3 Å². The van der Waals surface area contributed by atoms with E-state index in [9.17, 15) is 0 Å². The largest absolute Gasteiger partial charge is 0.360 e. The molecule has 26 heavy (non-hydrogen) atoms. The van der Waals surface area contributed by atoms with Crippen LogP contribution in [0.3, 0.4) is 0 Å². The Bertz CT molecular complexity index is 645. The van der Waals surface area contributed by atoms with Gasteiger partial charge in [0.2, 0.25) is 5.95 Å². The molecule has 0 bridgehead atoms. The molecule has 3 heterocycles. The van der Waals surface area contributed by atoms with E-state index in [1.54, 1.807) is 0 Å². The molecule has 4 rings (SSSR count). The molecule has 2 N–H and O–H groups in total. The van der Waals surface area contributed by atoms with Gasteiger partial charge in [-0.15, -0.1) is 0 Å². The average molecular weight is 375 g/mol. The third kappa shape index (κ3) is 4.37. The fourth-order valence-corrected chi connectivity index (χ4v) is 4.41. The minimum absolute atomic E-state index is 0.528. The van der Waals surface area contributed by atoms with Gasteiger partial charge in [0.05, 0.1) is 0 Å². The van der Waals surface area contributed by atoms with Gasteiger partial charge in [0.1, 0.15) is 11.6 Å². The smallest absolute Gasteiger partial charge is 0.232 e. The molecule has 3 fully saturated rings. The van der Waals surface area contributed by atoms with Crippen molar-refractivity contribution < 1.29 is 0 Å². The van der Waals surface area contributed by atoms with Gasteiger partial charge in [0.25, 0.3) is 0 Å². The summed E-state index contributed by atoms with van der Waals surface area (Å²) in [7, 11) is 0. The average Bonchev–Trinajstić information content (AvgIpc) is 3.22. The van der Waals surface area contributed by atoms with Crippen LogP contribution in [0.5, 0.6) is 0 Å². The summed E-state index contributed by atoms with van der Waals surface area (Å²) in [5.41, 5.74) is 0. The van der Waals surface area contributed by atoms with E-state index in [0.717, 1.165) is 37.8 Å². The van der Waals surface area contributed by atoms with E-state index in [1.807, 2.05) is 0 Å². The Hall–Kier alpha value is -1.63. The van der Waals surface area contributed by atoms with Crippen LogP contribution in [0.25, 0.3) is 0 Å². The Morgan fingerprint density at radius 2 is 1.65 bits per heavy atom. The van der Waals surface area contributed by atoms with Crippen LogP contribution in [0.2, 0.25) is 0 Å². The number of nitrogens with one attached hydrogen (secondary N) is 2. The fraction of sp³-hybridized carbons (Fsp3) is 0.737. The molecule has 1 saturated carbocycles. The molecule has 0 unspecified atom stereocenters. The maximum atomic E-state index is 5.44. The molecule has 142 valence electrons. The normalized spacial score (nSPS) is 26.1. The van der Waals surface area contributed by atoms with Crippen LogP contribution in [0.15, 0.2) is 6.07 Å². The lowest BCUT2D eigenvalue weighted by atomic mass is 9.92. The summed E-state index contributed by atoms with van der Waals surface area (Å²) in [6, 6.07) is 2.69. The van der Waals surface area contributed by atoms with Gasteiger partial charge in [-0.1, -0.05) is 13.8 Å². The lowest BCUT2D eigenvalue weighted by molar-refractivity contribution is 0.355. The van der Waals surface area contributed by atoms with Crippen molar-refractivity contribution in [1.82, 2.24) is 15.3 Å². The summed E-state index contributed by atoms with van der Waals surface area (Å²) in [5.74, 6) is 4.05. The zero-order valence-corrected chi connectivity index (χ0v) is 16.7. The zero-order valence-electron chi connectivity index (χ0n) is 15.9. The van der Waals surface area contributed by atoms with E-state index < -0.39 is 0 Å². The van der Waals surface area contributed by atoms with Crippen LogP contribution in [0, 0.1) is 11.8 Å². The molecule has 1 aromatic heterocycles. The SMILES string of the molecule is C[C@@H]1C[C@H](C)CN(c2cc(N3CCCC3)nc(NC(=S)NC3CC3)n2)C1. The van der Waals surface area contributed by atoms with Gasteiger partial charge >= 0.3 is 0 Å². The standard InChI is InChI=1S/C19H30N6S/c1-13-9-14(2)12-25(11-13)17-10-16(24-7-3-4-8-24)21-18(22-17)23-19(26)20-15-5-6-15/h10,13-15H,3-9,11-12H2,1-2H3,(H2,20,21,22,23,26)/t13-,14+. The highest BCUT2D eigenvalue weighted by Gasteiger charge is 2.26. The number of nitrogens with zero attached hydrogens (tertiary/aromatic N) is 4. The van der Waals surface area contributed by atoms with Gasteiger partial charge in [-0.2, -0.15) is 9.97 Å². The first kappa shape index (κ1) is 17.8. The van der Waals surface area contributed by atoms with Gasteiger partial charge in [0, 0.05) is 38.3 Å². The molecule has 1 aromatic rings. The summed E-state index contributed by atoms with van der Waals surface area (Å²) in [6.07, 6.45) is 6.17. The summed E-state index contributed by atoms with van der Waals surface area (Å²) in [6.45, 7) is 8.94. The second kappa shape index (κ2) is 7.55. The van der Waals surface area contributed by atoms with Crippen molar-refractivity contribution in [2.24, 2.45) is 11.8 Å². The fourth-order valence-electron chi connectivity index (χ4n) is 4.15. The van der Waals surface area contributed by atoms with E-state index in [0.29, 0.717) is 28.9 Å². The van der Waals surface area contributed by atoms with E-state index in [4.69, 9.17) is 22.2 Å². The molecule has 2 atom stereocenters. The van der Waals surface area contributed by atoms with E-state index >= 15 is 0 Å². The van der Waals surface area contributed by atoms with Crippen LogP contribution in [0.4, 0.5) is 17.6 Å². The first-order valence-corrected chi connectivity index (χ1v) is 10.4. The second-order valence-electron chi connectivity index (χ2n) is 8.33. The molecule has 6 nitrogen and oxygen atoms in total. The molecule has 0 radical (unpaired) electrons. The van der Waals surface area contributed by atoms with Gasteiger partial charge in [-0.05, 0) is 56.2 Å². The minimum atomic E-state index is 0.528. The highest BCUT2D eigenvalue weighted by atomic mass is 32.1. The van der Waals surface area contributed by atoms with Crippen LogP contribution < -0.4 is 20.4 Å². The topological polar surface area (TPSA) is 56.3 Å². The van der Waals surface area contributed by atoms with Crippen molar-refractivity contribution in [3.05, 3.63) is 6.07 Å². The Morgan fingerprint density at radius 1 is 1.04 bits per heavy atom.